The highest BCUT2D eigenvalue weighted by Crippen LogP contribution is 2.09. The molecule has 18 heavy (non-hydrogen) atoms. The summed E-state index contributed by atoms with van der Waals surface area (Å²) in [6.45, 7) is 2.01. The largest absolute Gasteiger partial charge is 0.460 e. The van der Waals surface area contributed by atoms with E-state index in [1.165, 1.54) is 0 Å². The van der Waals surface area contributed by atoms with Crippen LogP contribution in [0.1, 0.15) is 18.4 Å². The lowest BCUT2D eigenvalue weighted by Crippen LogP contribution is -2.41. The number of rotatable bonds is 4. The van der Waals surface area contributed by atoms with Crippen molar-refractivity contribution in [1.29, 1.82) is 0 Å². The van der Waals surface area contributed by atoms with Gasteiger partial charge in [0.1, 0.15) is 6.61 Å². The van der Waals surface area contributed by atoms with Gasteiger partial charge in [-0.1, -0.05) is 30.3 Å². The third-order valence-corrected chi connectivity index (χ3v) is 3.08. The lowest BCUT2D eigenvalue weighted by molar-refractivity contribution is -0.147. The van der Waals surface area contributed by atoms with Crippen LogP contribution in [-0.4, -0.2) is 41.7 Å². The average Bonchev–Trinajstić information content (AvgIpc) is 2.38. The van der Waals surface area contributed by atoms with Crippen LogP contribution >= 0.6 is 0 Å². The first-order chi connectivity index (χ1) is 8.74. The molecule has 0 aliphatic carbocycles. The summed E-state index contributed by atoms with van der Waals surface area (Å²) in [6.07, 6.45) is 1.46. The van der Waals surface area contributed by atoms with Crippen LogP contribution in [0.5, 0.6) is 0 Å². The summed E-state index contributed by atoms with van der Waals surface area (Å²) < 4.78 is 5.20. The minimum Gasteiger partial charge on any atom is -0.460 e. The molecule has 1 N–H and O–H groups in total. The van der Waals surface area contributed by atoms with E-state index in [4.69, 9.17) is 4.74 Å². The summed E-state index contributed by atoms with van der Waals surface area (Å²) in [5, 5.41) is 9.51. The summed E-state index contributed by atoms with van der Waals surface area (Å²) in [7, 11) is 0. The molecule has 1 fully saturated rings. The molecule has 1 atom stereocenters. The Hall–Kier alpha value is -1.39. The maximum Gasteiger partial charge on any atom is 0.320 e. The number of hydrogen-bond acceptors (Lipinski definition) is 4. The highest BCUT2D eigenvalue weighted by Gasteiger charge is 2.20. The van der Waals surface area contributed by atoms with E-state index in [-0.39, 0.29) is 18.6 Å². The summed E-state index contributed by atoms with van der Waals surface area (Å²) in [6, 6.07) is 9.63. The minimum atomic E-state index is -0.305. The Balaban J connectivity index is 1.72. The van der Waals surface area contributed by atoms with Gasteiger partial charge in [0.25, 0.3) is 0 Å². The van der Waals surface area contributed by atoms with Gasteiger partial charge in [-0.25, -0.2) is 0 Å². The van der Waals surface area contributed by atoms with Gasteiger partial charge in [0, 0.05) is 6.54 Å². The number of hydrogen-bond donors (Lipinski definition) is 1. The second-order valence-corrected chi connectivity index (χ2v) is 4.68. The predicted molar refractivity (Wildman–Crippen MR) is 67.9 cm³/mol. The van der Waals surface area contributed by atoms with Crippen LogP contribution in [0.25, 0.3) is 0 Å². The zero-order valence-corrected chi connectivity index (χ0v) is 10.4. The summed E-state index contributed by atoms with van der Waals surface area (Å²) >= 11 is 0. The van der Waals surface area contributed by atoms with E-state index in [9.17, 15) is 9.90 Å². The minimum absolute atomic E-state index is 0.229. The molecule has 1 saturated heterocycles. The van der Waals surface area contributed by atoms with Crippen molar-refractivity contribution in [2.45, 2.75) is 25.6 Å². The third-order valence-electron chi connectivity index (χ3n) is 3.08. The zero-order chi connectivity index (χ0) is 12.8. The number of aliphatic hydroxyl groups is 1. The Labute approximate surface area is 107 Å². The molecule has 1 aliphatic rings. The Bertz CT molecular complexity index is 380. The molecule has 0 saturated carbocycles. The van der Waals surface area contributed by atoms with Gasteiger partial charge in [-0.3, -0.25) is 9.69 Å². The van der Waals surface area contributed by atoms with Crippen LogP contribution in [0.15, 0.2) is 30.3 Å². The van der Waals surface area contributed by atoms with Gasteiger partial charge >= 0.3 is 5.97 Å². The lowest BCUT2D eigenvalue weighted by atomic mass is 10.1. The molecule has 1 aromatic rings. The van der Waals surface area contributed by atoms with Crippen molar-refractivity contribution >= 4 is 5.97 Å². The fraction of sp³-hybridized carbons (Fsp3) is 0.500. The van der Waals surface area contributed by atoms with Crippen LogP contribution in [-0.2, 0) is 16.1 Å². The molecule has 0 amide bonds. The molecule has 1 heterocycles. The van der Waals surface area contributed by atoms with Gasteiger partial charge < -0.3 is 9.84 Å². The topological polar surface area (TPSA) is 49.8 Å². The van der Waals surface area contributed by atoms with Crippen LogP contribution in [0.2, 0.25) is 0 Å². The van der Waals surface area contributed by atoms with Crippen molar-refractivity contribution in [3.8, 4) is 0 Å². The average molecular weight is 249 g/mol. The standard InChI is InChI=1S/C14H19NO3/c16-13-7-4-8-15(9-13)10-14(17)18-11-12-5-2-1-3-6-12/h1-3,5-6,13,16H,4,7-11H2. The normalized spacial score (nSPS) is 20.6. The molecule has 1 unspecified atom stereocenters. The summed E-state index contributed by atoms with van der Waals surface area (Å²) in [5.41, 5.74) is 0.990. The molecular formula is C14H19NO3. The highest BCUT2D eigenvalue weighted by atomic mass is 16.5. The highest BCUT2D eigenvalue weighted by molar-refractivity contribution is 5.71. The Morgan fingerprint density at radius 3 is 2.89 bits per heavy atom. The molecule has 0 spiro atoms. The first kappa shape index (κ1) is 13.1. The van der Waals surface area contributed by atoms with Crippen molar-refractivity contribution in [1.82, 2.24) is 4.90 Å². The van der Waals surface area contributed by atoms with Gasteiger partial charge in [0.2, 0.25) is 0 Å². The Morgan fingerprint density at radius 1 is 1.39 bits per heavy atom. The number of likely N-dealkylation sites (tertiary alicyclic amines) is 1. The maximum atomic E-state index is 11.6. The number of aliphatic hydroxyl groups excluding tert-OH is 1. The van der Waals surface area contributed by atoms with E-state index in [2.05, 4.69) is 0 Å². The third kappa shape index (κ3) is 4.13. The van der Waals surface area contributed by atoms with Crippen molar-refractivity contribution < 1.29 is 14.6 Å². The number of ether oxygens (including phenoxy) is 1. The van der Waals surface area contributed by atoms with Crippen LogP contribution < -0.4 is 0 Å². The van der Waals surface area contributed by atoms with Crippen LogP contribution in [0.4, 0.5) is 0 Å². The number of esters is 1. The molecule has 1 aromatic carbocycles. The summed E-state index contributed by atoms with van der Waals surface area (Å²) in [5.74, 6) is -0.229. The Morgan fingerprint density at radius 2 is 2.17 bits per heavy atom. The molecule has 0 bridgehead atoms. The first-order valence-electron chi connectivity index (χ1n) is 6.34. The van der Waals surface area contributed by atoms with Crippen molar-refractivity contribution in [3.05, 3.63) is 35.9 Å². The quantitative estimate of drug-likeness (QED) is 0.814. The van der Waals surface area contributed by atoms with Gasteiger partial charge in [-0.2, -0.15) is 0 Å². The van der Waals surface area contributed by atoms with E-state index in [1.807, 2.05) is 35.2 Å². The van der Waals surface area contributed by atoms with Crippen molar-refractivity contribution in [2.75, 3.05) is 19.6 Å². The van der Waals surface area contributed by atoms with Crippen LogP contribution in [0.3, 0.4) is 0 Å². The van der Waals surface area contributed by atoms with E-state index in [0.29, 0.717) is 13.2 Å². The molecule has 98 valence electrons. The van der Waals surface area contributed by atoms with Gasteiger partial charge in [0.05, 0.1) is 12.6 Å². The van der Waals surface area contributed by atoms with Crippen LogP contribution in [0, 0.1) is 0 Å². The SMILES string of the molecule is O=C(CN1CCCC(O)C1)OCc1ccccc1. The number of carbonyl (C=O) groups excluding carboxylic acids is 1. The molecule has 0 aromatic heterocycles. The number of β-amino-alcohol motifs (C(OH)–C–C–N with tert-alkyl or cyclic N) is 1. The first-order valence-corrected chi connectivity index (χ1v) is 6.34. The molecule has 0 radical (unpaired) electrons. The number of nitrogens with zero attached hydrogens (tertiary/aromatic N) is 1. The monoisotopic (exact) mass is 249 g/mol. The summed E-state index contributed by atoms with van der Waals surface area (Å²) in [4.78, 5) is 13.6. The number of benzene rings is 1. The van der Waals surface area contributed by atoms with E-state index < -0.39 is 0 Å². The molecule has 4 nitrogen and oxygen atoms in total. The van der Waals surface area contributed by atoms with E-state index in [0.717, 1.165) is 24.9 Å². The second kappa shape index (κ2) is 6.52. The Kier molecular flexibility index (Phi) is 4.73. The maximum absolute atomic E-state index is 11.6. The smallest absolute Gasteiger partial charge is 0.320 e. The zero-order valence-electron chi connectivity index (χ0n) is 10.4. The van der Waals surface area contributed by atoms with Gasteiger partial charge in [0.15, 0.2) is 0 Å². The van der Waals surface area contributed by atoms with Crippen molar-refractivity contribution in [2.24, 2.45) is 0 Å². The molecule has 2 rings (SSSR count). The second-order valence-electron chi connectivity index (χ2n) is 4.68. The van der Waals surface area contributed by atoms with Crippen molar-refractivity contribution in [3.63, 3.8) is 0 Å². The fourth-order valence-corrected chi connectivity index (χ4v) is 2.14. The predicted octanol–water partition coefficient (Wildman–Crippen LogP) is 1.19. The van der Waals surface area contributed by atoms with E-state index >= 15 is 0 Å². The number of piperidine rings is 1. The number of carbonyl (C=O) groups is 1. The lowest BCUT2D eigenvalue weighted by Gasteiger charge is -2.28. The van der Waals surface area contributed by atoms with Gasteiger partial charge in [-0.15, -0.1) is 0 Å². The molecular weight excluding hydrogens is 230 g/mol. The molecule has 4 heteroatoms. The molecule has 1 aliphatic heterocycles. The fourth-order valence-electron chi connectivity index (χ4n) is 2.14. The van der Waals surface area contributed by atoms with Gasteiger partial charge in [-0.05, 0) is 24.9 Å². The van der Waals surface area contributed by atoms with E-state index in [1.54, 1.807) is 0 Å².